The molecule has 1 unspecified atom stereocenters. The Morgan fingerprint density at radius 1 is 1.47 bits per heavy atom. The summed E-state index contributed by atoms with van der Waals surface area (Å²) in [5, 5.41) is 0. The highest BCUT2D eigenvalue weighted by atomic mass is 16.5. The largest absolute Gasteiger partial charge is 0.492 e. The molecule has 0 radical (unpaired) electrons. The molecule has 1 aromatic heterocycles. The van der Waals surface area contributed by atoms with Crippen molar-refractivity contribution in [3.8, 4) is 17.6 Å². The van der Waals surface area contributed by atoms with Crippen LogP contribution in [0, 0.1) is 11.8 Å². The lowest BCUT2D eigenvalue weighted by molar-refractivity contribution is 0.339. The molecule has 0 aromatic carbocycles. The third-order valence-corrected chi connectivity index (χ3v) is 1.87. The first kappa shape index (κ1) is 11.5. The third-order valence-electron chi connectivity index (χ3n) is 1.87. The Bertz CT molecular complexity index is 365. The molecule has 0 aliphatic carbocycles. The van der Waals surface area contributed by atoms with Crippen molar-refractivity contribution in [1.82, 2.24) is 4.98 Å². The second kappa shape index (κ2) is 6.05. The summed E-state index contributed by atoms with van der Waals surface area (Å²) in [4.78, 5) is 4.04. The molecular formula is C12H16N2O. The van der Waals surface area contributed by atoms with Crippen molar-refractivity contribution in [2.75, 3.05) is 6.61 Å². The Morgan fingerprint density at radius 3 is 2.93 bits per heavy atom. The van der Waals surface area contributed by atoms with Gasteiger partial charge in [0.1, 0.15) is 5.75 Å². The van der Waals surface area contributed by atoms with Crippen LogP contribution in [0.15, 0.2) is 18.5 Å². The normalized spacial score (nSPS) is 11.4. The van der Waals surface area contributed by atoms with E-state index in [1.54, 1.807) is 12.4 Å². The minimum atomic E-state index is -0.0688. The maximum atomic E-state index is 5.69. The van der Waals surface area contributed by atoms with Crippen LogP contribution < -0.4 is 10.5 Å². The first-order valence-corrected chi connectivity index (χ1v) is 5.11. The van der Waals surface area contributed by atoms with E-state index in [-0.39, 0.29) is 6.04 Å². The molecule has 15 heavy (non-hydrogen) atoms. The molecule has 0 bridgehead atoms. The summed E-state index contributed by atoms with van der Waals surface area (Å²) in [6, 6.07) is 1.80. The number of hydrogen-bond acceptors (Lipinski definition) is 3. The Kier molecular flexibility index (Phi) is 4.65. The SMILES string of the molecule is CCOc1cncc(C#CC(N)CC)c1. The fraction of sp³-hybridized carbons (Fsp3) is 0.417. The predicted octanol–water partition coefficient (Wildman–Crippen LogP) is 1.57. The van der Waals surface area contributed by atoms with E-state index in [2.05, 4.69) is 16.8 Å². The van der Waals surface area contributed by atoms with Crippen LogP contribution in [0.25, 0.3) is 0 Å². The van der Waals surface area contributed by atoms with Gasteiger partial charge in [-0.25, -0.2) is 0 Å². The van der Waals surface area contributed by atoms with Gasteiger partial charge < -0.3 is 10.5 Å². The van der Waals surface area contributed by atoms with E-state index in [1.807, 2.05) is 19.9 Å². The average molecular weight is 204 g/mol. The van der Waals surface area contributed by atoms with Crippen LogP contribution >= 0.6 is 0 Å². The number of pyridine rings is 1. The van der Waals surface area contributed by atoms with Gasteiger partial charge in [-0.05, 0) is 19.4 Å². The van der Waals surface area contributed by atoms with Crippen molar-refractivity contribution in [3.63, 3.8) is 0 Å². The second-order valence-corrected chi connectivity index (χ2v) is 3.13. The molecule has 0 saturated carbocycles. The summed E-state index contributed by atoms with van der Waals surface area (Å²) in [6.07, 6.45) is 4.23. The number of nitrogens with zero attached hydrogens (tertiary/aromatic N) is 1. The minimum absolute atomic E-state index is 0.0688. The third kappa shape index (κ3) is 4.01. The molecule has 1 aromatic rings. The minimum Gasteiger partial charge on any atom is -0.492 e. The number of ether oxygens (including phenoxy) is 1. The summed E-state index contributed by atoms with van der Waals surface area (Å²) >= 11 is 0. The zero-order chi connectivity index (χ0) is 11.1. The summed E-state index contributed by atoms with van der Waals surface area (Å²) in [7, 11) is 0. The topological polar surface area (TPSA) is 48.1 Å². The molecule has 3 heteroatoms. The quantitative estimate of drug-likeness (QED) is 0.760. The predicted molar refractivity (Wildman–Crippen MR) is 60.6 cm³/mol. The van der Waals surface area contributed by atoms with Crippen molar-refractivity contribution in [2.45, 2.75) is 26.3 Å². The summed E-state index contributed by atoms with van der Waals surface area (Å²) < 4.78 is 5.32. The van der Waals surface area contributed by atoms with Crippen molar-refractivity contribution in [1.29, 1.82) is 0 Å². The first-order chi connectivity index (χ1) is 7.26. The van der Waals surface area contributed by atoms with Crippen LogP contribution in [0.2, 0.25) is 0 Å². The number of aromatic nitrogens is 1. The van der Waals surface area contributed by atoms with Crippen molar-refractivity contribution < 1.29 is 4.74 Å². The summed E-state index contributed by atoms with van der Waals surface area (Å²) in [5.74, 6) is 6.67. The number of rotatable bonds is 3. The molecule has 1 rings (SSSR count). The Morgan fingerprint density at radius 2 is 2.27 bits per heavy atom. The lowest BCUT2D eigenvalue weighted by atomic mass is 10.2. The lowest BCUT2D eigenvalue weighted by Gasteiger charge is -2.01. The fourth-order valence-corrected chi connectivity index (χ4v) is 1.01. The van der Waals surface area contributed by atoms with E-state index in [4.69, 9.17) is 10.5 Å². The molecule has 0 saturated heterocycles. The molecule has 0 aliphatic heterocycles. The van der Waals surface area contributed by atoms with Gasteiger partial charge in [-0.3, -0.25) is 4.98 Å². The molecule has 0 amide bonds. The Labute approximate surface area is 90.7 Å². The van der Waals surface area contributed by atoms with E-state index < -0.39 is 0 Å². The van der Waals surface area contributed by atoms with E-state index in [0.29, 0.717) is 6.61 Å². The van der Waals surface area contributed by atoms with Crippen molar-refractivity contribution in [2.24, 2.45) is 5.73 Å². The van der Waals surface area contributed by atoms with Gasteiger partial charge in [0.05, 0.1) is 18.8 Å². The van der Waals surface area contributed by atoms with E-state index in [0.717, 1.165) is 17.7 Å². The van der Waals surface area contributed by atoms with Gasteiger partial charge in [-0.15, -0.1) is 0 Å². The molecule has 80 valence electrons. The summed E-state index contributed by atoms with van der Waals surface area (Å²) in [5.41, 5.74) is 6.53. The number of nitrogens with two attached hydrogens (primary N) is 1. The second-order valence-electron chi connectivity index (χ2n) is 3.13. The molecule has 0 fully saturated rings. The highest BCUT2D eigenvalue weighted by Crippen LogP contribution is 2.09. The molecule has 1 heterocycles. The van der Waals surface area contributed by atoms with Crippen molar-refractivity contribution in [3.05, 3.63) is 24.0 Å². The Balaban J connectivity index is 2.75. The molecule has 0 spiro atoms. The zero-order valence-corrected chi connectivity index (χ0v) is 9.16. The van der Waals surface area contributed by atoms with Crippen LogP contribution in [0.3, 0.4) is 0 Å². The first-order valence-electron chi connectivity index (χ1n) is 5.11. The zero-order valence-electron chi connectivity index (χ0n) is 9.16. The lowest BCUT2D eigenvalue weighted by Crippen LogP contribution is -2.15. The highest BCUT2D eigenvalue weighted by Gasteiger charge is 1.95. The van der Waals surface area contributed by atoms with Crippen LogP contribution in [0.5, 0.6) is 5.75 Å². The maximum Gasteiger partial charge on any atom is 0.138 e. The van der Waals surface area contributed by atoms with E-state index in [1.165, 1.54) is 0 Å². The van der Waals surface area contributed by atoms with Gasteiger partial charge >= 0.3 is 0 Å². The van der Waals surface area contributed by atoms with Gasteiger partial charge in [0, 0.05) is 11.8 Å². The van der Waals surface area contributed by atoms with Crippen LogP contribution in [-0.2, 0) is 0 Å². The Hall–Kier alpha value is -1.53. The smallest absolute Gasteiger partial charge is 0.138 e. The van der Waals surface area contributed by atoms with Crippen LogP contribution in [0.4, 0.5) is 0 Å². The number of hydrogen-bond donors (Lipinski definition) is 1. The summed E-state index contributed by atoms with van der Waals surface area (Å²) in [6.45, 7) is 4.58. The molecule has 3 nitrogen and oxygen atoms in total. The van der Waals surface area contributed by atoms with Gasteiger partial charge in [0.2, 0.25) is 0 Å². The van der Waals surface area contributed by atoms with Crippen molar-refractivity contribution >= 4 is 0 Å². The standard InChI is InChI=1S/C12H16N2O/c1-3-11(13)6-5-10-7-12(15-4-2)9-14-8-10/h7-9,11H,3-4,13H2,1-2H3. The fourth-order valence-electron chi connectivity index (χ4n) is 1.01. The molecule has 2 N–H and O–H groups in total. The van der Waals surface area contributed by atoms with E-state index in [9.17, 15) is 0 Å². The van der Waals surface area contributed by atoms with Gasteiger partial charge in [-0.2, -0.15) is 0 Å². The highest BCUT2D eigenvalue weighted by molar-refractivity contribution is 5.37. The van der Waals surface area contributed by atoms with Crippen LogP contribution in [0.1, 0.15) is 25.8 Å². The molecule has 0 aliphatic rings. The van der Waals surface area contributed by atoms with Gasteiger partial charge in [0.25, 0.3) is 0 Å². The van der Waals surface area contributed by atoms with Gasteiger partial charge in [-0.1, -0.05) is 18.8 Å². The monoisotopic (exact) mass is 204 g/mol. The van der Waals surface area contributed by atoms with Gasteiger partial charge in [0.15, 0.2) is 0 Å². The maximum absolute atomic E-state index is 5.69. The molecular weight excluding hydrogens is 188 g/mol. The van der Waals surface area contributed by atoms with Crippen LogP contribution in [-0.4, -0.2) is 17.6 Å². The molecule has 1 atom stereocenters. The van der Waals surface area contributed by atoms with E-state index >= 15 is 0 Å². The average Bonchev–Trinajstić information content (AvgIpc) is 2.27.